The number of carbonyl (C=O) groups is 1. The van der Waals surface area contributed by atoms with E-state index in [4.69, 9.17) is 27.9 Å². The Labute approximate surface area is 209 Å². The monoisotopic (exact) mass is 510 g/mol. The summed E-state index contributed by atoms with van der Waals surface area (Å²) in [5.74, 6) is -0.206. The van der Waals surface area contributed by atoms with Gasteiger partial charge in [0, 0.05) is 23.1 Å². The molecule has 2 unspecified atom stereocenters. The number of halogens is 3. The van der Waals surface area contributed by atoms with E-state index in [1.54, 1.807) is 19.2 Å². The van der Waals surface area contributed by atoms with Crippen LogP contribution in [0.1, 0.15) is 11.6 Å². The first-order valence-corrected chi connectivity index (χ1v) is 11.3. The summed E-state index contributed by atoms with van der Waals surface area (Å²) in [4.78, 5) is 18.8. The maximum atomic E-state index is 13.2. The van der Waals surface area contributed by atoms with Gasteiger partial charge in [-0.2, -0.15) is 5.11 Å². The van der Waals surface area contributed by atoms with E-state index >= 15 is 0 Å². The molecule has 0 saturated carbocycles. The molecule has 1 amide bonds. The highest BCUT2D eigenvalue weighted by atomic mass is 35.5. The second-order valence-corrected chi connectivity index (χ2v) is 8.66. The summed E-state index contributed by atoms with van der Waals surface area (Å²) in [6.45, 7) is 0. The van der Waals surface area contributed by atoms with Crippen molar-refractivity contribution >= 4 is 57.1 Å². The van der Waals surface area contributed by atoms with Crippen molar-refractivity contribution in [1.82, 2.24) is 4.98 Å². The normalized spacial score (nSPS) is 17.7. The molecule has 2 atom stereocenters. The smallest absolute Gasteiger partial charge is 0.248 e. The van der Waals surface area contributed by atoms with Gasteiger partial charge in [0.1, 0.15) is 33.5 Å². The van der Waals surface area contributed by atoms with Gasteiger partial charge in [0.2, 0.25) is 5.91 Å². The molecule has 1 N–H and O–H groups in total. The summed E-state index contributed by atoms with van der Waals surface area (Å²) >= 11 is 13.0. The van der Waals surface area contributed by atoms with Crippen LogP contribution in [0.15, 0.2) is 77.0 Å². The molecule has 0 radical (unpaired) electrons. The number of aromatic hydroxyl groups is 1. The first-order chi connectivity index (χ1) is 16.9. The number of nitrogens with zero attached hydrogens (tertiary/aromatic N) is 4. The molecule has 1 aliphatic heterocycles. The van der Waals surface area contributed by atoms with Crippen LogP contribution in [0.4, 0.5) is 21.5 Å². The molecule has 35 heavy (non-hydrogen) atoms. The van der Waals surface area contributed by atoms with Crippen LogP contribution in [0.5, 0.6) is 11.5 Å². The molecule has 10 heteroatoms. The number of anilines is 1. The molecule has 2 heterocycles. The lowest BCUT2D eigenvalue weighted by Crippen LogP contribution is -2.56. The van der Waals surface area contributed by atoms with Crippen LogP contribution in [0.25, 0.3) is 10.9 Å². The lowest BCUT2D eigenvalue weighted by Gasteiger charge is -2.44. The van der Waals surface area contributed by atoms with Crippen LogP contribution in [-0.2, 0) is 4.79 Å². The van der Waals surface area contributed by atoms with Gasteiger partial charge < -0.3 is 9.84 Å². The third kappa shape index (κ3) is 4.26. The fourth-order valence-corrected chi connectivity index (χ4v) is 4.51. The van der Waals surface area contributed by atoms with E-state index in [0.29, 0.717) is 33.9 Å². The number of fused-ring (bicyclic) bond motifs is 1. The van der Waals surface area contributed by atoms with E-state index in [2.05, 4.69) is 15.2 Å². The first kappa shape index (κ1) is 23.0. The minimum Gasteiger partial charge on any atom is -0.508 e. The molecule has 5 rings (SSSR count). The van der Waals surface area contributed by atoms with Crippen LogP contribution in [0.3, 0.4) is 0 Å². The van der Waals surface area contributed by atoms with Crippen LogP contribution >= 0.6 is 23.2 Å². The molecule has 0 aliphatic carbocycles. The fraction of sp³-hybridized carbons (Fsp3) is 0.120. The number of phenolic OH excluding ortho intramolecular Hbond substituents is 1. The number of rotatable bonds is 5. The molecule has 1 aromatic heterocycles. The molecular weight excluding hydrogens is 494 g/mol. The summed E-state index contributed by atoms with van der Waals surface area (Å²) in [6.07, 6.45) is 0. The van der Waals surface area contributed by atoms with Crippen molar-refractivity contribution in [2.45, 2.75) is 11.4 Å². The lowest BCUT2D eigenvalue weighted by atomic mass is 9.92. The molecule has 0 spiro atoms. The highest BCUT2D eigenvalue weighted by Gasteiger charge is 2.50. The molecular formula is C25H17Cl2FN4O3. The summed E-state index contributed by atoms with van der Waals surface area (Å²) in [7, 11) is 1.56. The third-order valence-electron chi connectivity index (χ3n) is 5.67. The van der Waals surface area contributed by atoms with Crippen molar-refractivity contribution in [3.63, 3.8) is 0 Å². The van der Waals surface area contributed by atoms with Gasteiger partial charge in [-0.25, -0.2) is 9.37 Å². The number of hydrogen-bond acceptors (Lipinski definition) is 6. The van der Waals surface area contributed by atoms with Gasteiger partial charge >= 0.3 is 0 Å². The molecule has 7 nitrogen and oxygen atoms in total. The van der Waals surface area contributed by atoms with Gasteiger partial charge in [0.05, 0.1) is 30.0 Å². The molecule has 1 saturated heterocycles. The van der Waals surface area contributed by atoms with Gasteiger partial charge in [-0.05, 0) is 54.6 Å². The Hall–Kier alpha value is -3.75. The Morgan fingerprint density at radius 2 is 1.83 bits per heavy atom. The number of methoxy groups -OCH3 is 1. The molecule has 4 aromatic rings. The molecule has 1 fully saturated rings. The largest absolute Gasteiger partial charge is 0.508 e. The van der Waals surface area contributed by atoms with Gasteiger partial charge in [0.25, 0.3) is 0 Å². The van der Waals surface area contributed by atoms with Gasteiger partial charge in [-0.3, -0.25) is 9.69 Å². The quantitative estimate of drug-likeness (QED) is 0.137. The van der Waals surface area contributed by atoms with Gasteiger partial charge in [0.15, 0.2) is 0 Å². The Morgan fingerprint density at radius 3 is 2.57 bits per heavy atom. The summed E-state index contributed by atoms with van der Waals surface area (Å²) in [6, 6.07) is 16.4. The maximum Gasteiger partial charge on any atom is 0.248 e. The number of hydrogen-bond donors (Lipinski definition) is 1. The third-order valence-corrected chi connectivity index (χ3v) is 6.40. The number of pyridine rings is 1. The highest BCUT2D eigenvalue weighted by Crippen LogP contribution is 2.48. The first-order valence-electron chi connectivity index (χ1n) is 10.5. The number of carbonyl (C=O) groups excluding carboxylic acids is 1. The number of alkyl halides is 1. The average Bonchev–Trinajstić information content (AvgIpc) is 2.86. The molecule has 3 aromatic carbocycles. The fourth-order valence-electron chi connectivity index (χ4n) is 3.90. The van der Waals surface area contributed by atoms with Crippen molar-refractivity contribution in [2.24, 2.45) is 10.2 Å². The Balaban J connectivity index is 1.56. The van der Waals surface area contributed by atoms with E-state index in [1.807, 2.05) is 12.1 Å². The second-order valence-electron chi connectivity index (χ2n) is 7.83. The van der Waals surface area contributed by atoms with Gasteiger partial charge in [-0.15, -0.1) is 16.7 Å². The van der Waals surface area contributed by atoms with Crippen molar-refractivity contribution in [2.75, 3.05) is 12.0 Å². The highest BCUT2D eigenvalue weighted by molar-refractivity contribution is 6.38. The van der Waals surface area contributed by atoms with E-state index in [1.165, 1.54) is 47.4 Å². The second kappa shape index (κ2) is 9.13. The number of amides is 1. The Bertz CT molecular complexity index is 1480. The van der Waals surface area contributed by atoms with Crippen LogP contribution in [0.2, 0.25) is 5.15 Å². The van der Waals surface area contributed by atoms with E-state index in [9.17, 15) is 14.3 Å². The number of aromatic nitrogens is 1. The van der Waals surface area contributed by atoms with E-state index in [0.717, 1.165) is 5.39 Å². The zero-order chi connectivity index (χ0) is 24.7. The van der Waals surface area contributed by atoms with Crippen molar-refractivity contribution in [3.05, 3.63) is 83.3 Å². The predicted molar refractivity (Wildman–Crippen MR) is 132 cm³/mol. The lowest BCUT2D eigenvalue weighted by molar-refractivity contribution is -0.123. The predicted octanol–water partition coefficient (Wildman–Crippen LogP) is 6.85. The SMILES string of the molecule is COc1ccc2cc(C3C(Cl)C(=O)N3c3cc(O)ccc3N=Nc3ccc(F)cc3)c(Cl)nc2c1. The standard InChI is InChI=1S/C25H17Cl2FN4O3/c1-35-17-8-2-13-10-18(24(27)29-20(13)12-17)23-22(26)25(34)32(23)21-11-16(33)7-9-19(21)31-30-15-5-3-14(28)4-6-15/h2-12,22-23,33H,1H3. The number of ether oxygens (including phenoxy) is 1. The van der Waals surface area contributed by atoms with Crippen LogP contribution in [-0.4, -0.2) is 28.5 Å². The number of β-lactam (4-membered cyclic amide) rings is 1. The Morgan fingerprint density at radius 1 is 1.06 bits per heavy atom. The zero-order valence-electron chi connectivity index (χ0n) is 18.2. The van der Waals surface area contributed by atoms with E-state index in [-0.39, 0.29) is 16.8 Å². The minimum absolute atomic E-state index is 0.0693. The maximum absolute atomic E-state index is 13.2. The zero-order valence-corrected chi connectivity index (χ0v) is 19.7. The number of azo groups is 1. The van der Waals surface area contributed by atoms with Crippen LogP contribution < -0.4 is 9.64 Å². The summed E-state index contributed by atoms with van der Waals surface area (Å²) in [5, 5.41) is 18.6. The van der Waals surface area contributed by atoms with Crippen molar-refractivity contribution < 1.29 is 19.0 Å². The average molecular weight is 511 g/mol. The topological polar surface area (TPSA) is 87.4 Å². The Kier molecular flexibility index (Phi) is 6.00. The summed E-state index contributed by atoms with van der Waals surface area (Å²) < 4.78 is 18.4. The molecule has 1 aliphatic rings. The van der Waals surface area contributed by atoms with Crippen molar-refractivity contribution in [1.29, 1.82) is 0 Å². The summed E-state index contributed by atoms with van der Waals surface area (Å²) in [5.41, 5.74) is 2.21. The molecule has 176 valence electrons. The minimum atomic E-state index is -0.894. The van der Waals surface area contributed by atoms with Crippen LogP contribution in [0, 0.1) is 5.82 Å². The number of benzene rings is 3. The number of phenols is 1. The van der Waals surface area contributed by atoms with E-state index < -0.39 is 17.2 Å². The molecule has 0 bridgehead atoms. The van der Waals surface area contributed by atoms with Gasteiger partial charge in [-0.1, -0.05) is 11.6 Å². The van der Waals surface area contributed by atoms with Crippen molar-refractivity contribution in [3.8, 4) is 11.5 Å².